The third-order valence-corrected chi connectivity index (χ3v) is 4.40. The lowest BCUT2D eigenvalue weighted by Gasteiger charge is -2.27. The molecule has 5 nitrogen and oxygen atoms in total. The number of rotatable bonds is 5. The van der Waals surface area contributed by atoms with Gasteiger partial charge in [0.15, 0.2) is 0 Å². The molecule has 8 heteroatoms. The summed E-state index contributed by atoms with van der Waals surface area (Å²) in [7, 11) is 0. The number of pyridine rings is 1. The van der Waals surface area contributed by atoms with Crippen LogP contribution >= 0.6 is 11.8 Å². The summed E-state index contributed by atoms with van der Waals surface area (Å²) in [6.45, 7) is 2.90. The van der Waals surface area contributed by atoms with E-state index in [1.165, 1.54) is 6.20 Å². The standard InChI is InChI=1S/C17H17F2N3O2S/c18-17(19)25-14-4-2-13(3-5-14)21-16(23)12-1-6-15(20-11-12)22-7-9-24-10-8-22/h1-6,11,17H,7-10H2,(H,21,23). The molecular weight excluding hydrogens is 348 g/mol. The molecule has 2 heterocycles. The SMILES string of the molecule is O=C(Nc1ccc(SC(F)F)cc1)c1ccc(N2CCOCC2)nc1. The maximum atomic E-state index is 12.3. The van der Waals surface area contributed by atoms with E-state index in [1.54, 1.807) is 30.3 Å². The Kier molecular flexibility index (Phi) is 5.83. The van der Waals surface area contributed by atoms with E-state index < -0.39 is 5.76 Å². The van der Waals surface area contributed by atoms with Gasteiger partial charge >= 0.3 is 0 Å². The number of hydrogen-bond acceptors (Lipinski definition) is 5. The zero-order chi connectivity index (χ0) is 17.6. The number of morpholine rings is 1. The monoisotopic (exact) mass is 365 g/mol. The minimum absolute atomic E-state index is 0.296. The van der Waals surface area contributed by atoms with E-state index in [0.717, 1.165) is 18.9 Å². The van der Waals surface area contributed by atoms with Gasteiger partial charge in [0.05, 0.1) is 18.8 Å². The van der Waals surface area contributed by atoms with Crippen molar-refractivity contribution in [3.63, 3.8) is 0 Å². The van der Waals surface area contributed by atoms with Gasteiger partial charge in [0.25, 0.3) is 11.7 Å². The Morgan fingerprint density at radius 3 is 2.48 bits per heavy atom. The Hall–Kier alpha value is -2.19. The first-order valence-corrected chi connectivity index (χ1v) is 8.65. The first-order chi connectivity index (χ1) is 12.1. The predicted molar refractivity (Wildman–Crippen MR) is 93.5 cm³/mol. The van der Waals surface area contributed by atoms with Gasteiger partial charge in [-0.05, 0) is 36.4 Å². The van der Waals surface area contributed by atoms with Crippen LogP contribution in [0.2, 0.25) is 0 Å². The second-order valence-electron chi connectivity index (χ2n) is 5.36. The van der Waals surface area contributed by atoms with Crippen LogP contribution in [0.15, 0.2) is 47.5 Å². The van der Waals surface area contributed by atoms with E-state index in [1.807, 2.05) is 6.07 Å². The molecule has 1 saturated heterocycles. The number of nitrogens with one attached hydrogen (secondary N) is 1. The van der Waals surface area contributed by atoms with Gasteiger partial charge in [0.2, 0.25) is 0 Å². The molecule has 0 unspecified atom stereocenters. The molecule has 0 aliphatic carbocycles. The second-order valence-corrected chi connectivity index (χ2v) is 6.42. The van der Waals surface area contributed by atoms with Crippen LogP contribution in [-0.4, -0.2) is 43.0 Å². The van der Waals surface area contributed by atoms with E-state index in [2.05, 4.69) is 15.2 Å². The fraction of sp³-hybridized carbons (Fsp3) is 0.294. The minimum atomic E-state index is -2.46. The van der Waals surface area contributed by atoms with Gasteiger partial charge in [-0.3, -0.25) is 4.79 Å². The summed E-state index contributed by atoms with van der Waals surface area (Å²) in [4.78, 5) is 19.1. The highest BCUT2D eigenvalue weighted by molar-refractivity contribution is 7.99. The van der Waals surface area contributed by atoms with Gasteiger partial charge in [-0.25, -0.2) is 4.98 Å². The summed E-state index contributed by atoms with van der Waals surface area (Å²) >= 11 is 0.468. The Morgan fingerprint density at radius 2 is 1.88 bits per heavy atom. The topological polar surface area (TPSA) is 54.5 Å². The van der Waals surface area contributed by atoms with Gasteiger partial charge in [0, 0.05) is 29.9 Å². The molecule has 25 heavy (non-hydrogen) atoms. The molecule has 132 valence electrons. The van der Waals surface area contributed by atoms with E-state index in [0.29, 0.717) is 41.1 Å². The summed E-state index contributed by atoms with van der Waals surface area (Å²) in [5.74, 6) is -1.94. The van der Waals surface area contributed by atoms with Crippen molar-refractivity contribution in [2.24, 2.45) is 0 Å². The number of alkyl halides is 2. The van der Waals surface area contributed by atoms with Crippen LogP contribution in [0, 0.1) is 0 Å². The maximum Gasteiger partial charge on any atom is 0.288 e. The summed E-state index contributed by atoms with van der Waals surface area (Å²) in [6.07, 6.45) is 1.53. The molecule has 3 rings (SSSR count). The van der Waals surface area contributed by atoms with Crippen LogP contribution in [0.25, 0.3) is 0 Å². The molecule has 1 amide bonds. The summed E-state index contributed by atoms with van der Waals surface area (Å²) in [5, 5.41) is 2.73. The summed E-state index contributed by atoms with van der Waals surface area (Å²) in [5.41, 5.74) is 0.976. The van der Waals surface area contributed by atoms with Gasteiger partial charge < -0.3 is 15.0 Å². The number of carbonyl (C=O) groups is 1. The van der Waals surface area contributed by atoms with Crippen LogP contribution in [0.3, 0.4) is 0 Å². The van der Waals surface area contributed by atoms with Crippen LogP contribution in [0.1, 0.15) is 10.4 Å². The molecule has 1 fully saturated rings. The highest BCUT2D eigenvalue weighted by Gasteiger charge is 2.13. The fourth-order valence-electron chi connectivity index (χ4n) is 2.42. The van der Waals surface area contributed by atoms with E-state index in [4.69, 9.17) is 4.74 Å². The molecule has 1 N–H and O–H groups in total. The molecule has 1 aliphatic rings. The van der Waals surface area contributed by atoms with Crippen molar-refractivity contribution in [2.75, 3.05) is 36.5 Å². The lowest BCUT2D eigenvalue weighted by molar-refractivity contribution is 0.102. The Labute approximate surface area is 148 Å². The number of ether oxygens (including phenoxy) is 1. The predicted octanol–water partition coefficient (Wildman–Crippen LogP) is 3.49. The molecule has 0 atom stereocenters. The normalized spacial score (nSPS) is 14.6. The van der Waals surface area contributed by atoms with E-state index >= 15 is 0 Å². The molecule has 0 radical (unpaired) electrons. The summed E-state index contributed by atoms with van der Waals surface area (Å²) in [6, 6.07) is 9.81. The molecule has 1 aliphatic heterocycles. The number of aromatic nitrogens is 1. The van der Waals surface area contributed by atoms with E-state index in [-0.39, 0.29) is 5.91 Å². The Bertz CT molecular complexity index is 705. The average molecular weight is 365 g/mol. The lowest BCUT2D eigenvalue weighted by Crippen LogP contribution is -2.36. The number of anilines is 2. The fourth-order valence-corrected chi connectivity index (χ4v) is 2.92. The number of carbonyl (C=O) groups excluding carboxylic acids is 1. The first-order valence-electron chi connectivity index (χ1n) is 7.77. The highest BCUT2D eigenvalue weighted by atomic mass is 32.2. The van der Waals surface area contributed by atoms with Crippen molar-refractivity contribution in [1.82, 2.24) is 4.98 Å². The molecular formula is C17H17F2N3O2S. The Morgan fingerprint density at radius 1 is 1.16 bits per heavy atom. The van der Waals surface area contributed by atoms with Gasteiger partial charge in [-0.1, -0.05) is 11.8 Å². The second kappa shape index (κ2) is 8.26. The van der Waals surface area contributed by atoms with Crippen molar-refractivity contribution < 1.29 is 18.3 Å². The van der Waals surface area contributed by atoms with Crippen LogP contribution < -0.4 is 10.2 Å². The average Bonchev–Trinajstić information content (AvgIpc) is 2.64. The van der Waals surface area contributed by atoms with Gasteiger partial charge in [-0.15, -0.1) is 0 Å². The smallest absolute Gasteiger partial charge is 0.288 e. The van der Waals surface area contributed by atoms with Crippen molar-refractivity contribution in [2.45, 2.75) is 10.7 Å². The summed E-state index contributed by atoms with van der Waals surface area (Å²) < 4.78 is 29.9. The van der Waals surface area contributed by atoms with Crippen LogP contribution in [0.5, 0.6) is 0 Å². The number of benzene rings is 1. The third-order valence-electron chi connectivity index (χ3n) is 3.68. The third kappa shape index (κ3) is 4.90. The van der Waals surface area contributed by atoms with E-state index in [9.17, 15) is 13.6 Å². The zero-order valence-electron chi connectivity index (χ0n) is 13.3. The molecule has 0 bridgehead atoms. The largest absolute Gasteiger partial charge is 0.378 e. The van der Waals surface area contributed by atoms with Crippen molar-refractivity contribution in [1.29, 1.82) is 0 Å². The lowest BCUT2D eigenvalue weighted by atomic mass is 10.2. The van der Waals surface area contributed by atoms with Gasteiger partial charge in [-0.2, -0.15) is 8.78 Å². The van der Waals surface area contributed by atoms with Crippen molar-refractivity contribution >= 4 is 29.2 Å². The molecule has 2 aromatic rings. The Balaban J connectivity index is 1.60. The molecule has 1 aromatic heterocycles. The van der Waals surface area contributed by atoms with Crippen LogP contribution in [-0.2, 0) is 4.74 Å². The number of thioether (sulfide) groups is 1. The van der Waals surface area contributed by atoms with Crippen LogP contribution in [0.4, 0.5) is 20.3 Å². The number of nitrogens with zero attached hydrogens (tertiary/aromatic N) is 2. The quantitative estimate of drug-likeness (QED) is 0.822. The number of hydrogen-bond donors (Lipinski definition) is 1. The maximum absolute atomic E-state index is 12.3. The van der Waals surface area contributed by atoms with Gasteiger partial charge in [0.1, 0.15) is 5.82 Å². The molecule has 0 spiro atoms. The zero-order valence-corrected chi connectivity index (χ0v) is 14.1. The highest BCUT2D eigenvalue weighted by Crippen LogP contribution is 2.26. The van der Waals surface area contributed by atoms with Crippen molar-refractivity contribution in [3.05, 3.63) is 48.2 Å². The minimum Gasteiger partial charge on any atom is -0.378 e. The number of halogens is 2. The first kappa shape index (κ1) is 17.6. The number of amides is 1. The molecule has 1 aromatic carbocycles. The molecule has 0 saturated carbocycles. The van der Waals surface area contributed by atoms with Crippen molar-refractivity contribution in [3.8, 4) is 0 Å².